The van der Waals surface area contributed by atoms with E-state index in [0.29, 0.717) is 13.1 Å². The van der Waals surface area contributed by atoms with Gasteiger partial charge in [0.15, 0.2) is 5.82 Å². The van der Waals surface area contributed by atoms with E-state index in [4.69, 9.17) is 26.8 Å². The number of nitrogens with zero attached hydrogens (tertiary/aromatic N) is 2. The second-order valence-electron chi connectivity index (χ2n) is 5.58. The number of hydrogen-bond acceptors (Lipinski definition) is 5. The van der Waals surface area contributed by atoms with Gasteiger partial charge in [0.2, 0.25) is 0 Å². The number of rotatable bonds is 4. The number of methoxy groups -OCH3 is 1. The summed E-state index contributed by atoms with van der Waals surface area (Å²) in [4.78, 5) is 14.2. The highest BCUT2D eigenvalue weighted by atomic mass is 35.5. The van der Waals surface area contributed by atoms with Crippen molar-refractivity contribution in [2.45, 2.75) is 18.9 Å². The lowest BCUT2D eigenvalue weighted by Gasteiger charge is -2.32. The molecule has 0 saturated carbocycles. The average molecular weight is 351 g/mol. The number of carbonyl (C=O) groups is 1. The molecule has 1 aromatic heterocycles. The molecule has 3 rings (SSSR count). The number of anilines is 1. The van der Waals surface area contributed by atoms with E-state index in [1.54, 1.807) is 12.0 Å². The number of hydrogen-bond donors (Lipinski definition) is 2. The molecular formula is C16H19ClN4O3. The van der Waals surface area contributed by atoms with Crippen LogP contribution in [0.3, 0.4) is 0 Å². The number of nitrogens with two attached hydrogens (primary N) is 1. The molecule has 2 heterocycles. The van der Waals surface area contributed by atoms with Gasteiger partial charge in [-0.05, 0) is 24.3 Å². The Balaban J connectivity index is 1.55. The number of ether oxygens (including phenoxy) is 2. The van der Waals surface area contributed by atoms with Crippen molar-refractivity contribution >= 4 is 23.3 Å². The molecule has 0 aliphatic carbocycles. The lowest BCUT2D eigenvalue weighted by Crippen LogP contribution is -2.42. The zero-order valence-electron chi connectivity index (χ0n) is 13.3. The molecule has 1 aliphatic heterocycles. The highest BCUT2D eigenvalue weighted by Gasteiger charge is 2.27. The molecule has 8 heteroatoms. The highest BCUT2D eigenvalue weighted by molar-refractivity contribution is 6.35. The summed E-state index contributed by atoms with van der Waals surface area (Å²) in [6.07, 6.45) is 1.57. The van der Waals surface area contributed by atoms with E-state index in [2.05, 4.69) is 10.2 Å². The lowest BCUT2D eigenvalue weighted by atomic mass is 10.1. The fourth-order valence-electron chi connectivity index (χ4n) is 2.67. The summed E-state index contributed by atoms with van der Waals surface area (Å²) in [5.41, 5.74) is 5.80. The van der Waals surface area contributed by atoms with Crippen LogP contribution in [-0.2, 0) is 0 Å². The van der Waals surface area contributed by atoms with Gasteiger partial charge in [0.05, 0.1) is 7.11 Å². The third kappa shape index (κ3) is 3.41. The number of amides is 1. The molecule has 0 bridgehead atoms. The summed E-state index contributed by atoms with van der Waals surface area (Å²) < 4.78 is 11.1. The molecule has 128 valence electrons. The second-order valence-corrected chi connectivity index (χ2v) is 5.96. The van der Waals surface area contributed by atoms with Crippen LogP contribution in [0, 0.1) is 0 Å². The lowest BCUT2D eigenvalue weighted by molar-refractivity contribution is 0.0590. The Kier molecular flexibility index (Phi) is 4.80. The molecule has 7 nitrogen and oxygen atoms in total. The monoisotopic (exact) mass is 350 g/mol. The molecule has 3 N–H and O–H groups in total. The van der Waals surface area contributed by atoms with Crippen LogP contribution < -0.4 is 15.2 Å². The molecule has 0 unspecified atom stereocenters. The standard InChI is InChI=1S/C16H19ClN4O3/c1-23-10-2-4-11(5-3-10)24-12-6-8-21(9-7-12)16(22)14-13(17)15(18)20-19-14/h2-5,12H,6-9H2,1H3,(H3,18,19,20). The Hall–Kier alpha value is -2.41. The van der Waals surface area contributed by atoms with Gasteiger partial charge < -0.3 is 20.1 Å². The van der Waals surface area contributed by atoms with Gasteiger partial charge in [0.25, 0.3) is 5.91 Å². The molecule has 1 fully saturated rings. The molecule has 1 aliphatic rings. The van der Waals surface area contributed by atoms with Crippen molar-refractivity contribution in [2.24, 2.45) is 0 Å². The van der Waals surface area contributed by atoms with E-state index in [-0.39, 0.29) is 28.5 Å². The first-order valence-electron chi connectivity index (χ1n) is 7.68. The Morgan fingerprint density at radius 1 is 1.29 bits per heavy atom. The number of aromatic amines is 1. The van der Waals surface area contributed by atoms with E-state index in [1.165, 1.54) is 0 Å². The van der Waals surface area contributed by atoms with Gasteiger partial charge in [-0.3, -0.25) is 9.89 Å². The minimum absolute atomic E-state index is 0.0738. The van der Waals surface area contributed by atoms with Crippen molar-refractivity contribution in [1.29, 1.82) is 0 Å². The van der Waals surface area contributed by atoms with Crippen molar-refractivity contribution < 1.29 is 14.3 Å². The molecule has 0 radical (unpaired) electrons. The predicted octanol–water partition coefficient (Wildman–Crippen LogP) is 2.34. The van der Waals surface area contributed by atoms with E-state index in [0.717, 1.165) is 24.3 Å². The topological polar surface area (TPSA) is 93.5 Å². The van der Waals surface area contributed by atoms with E-state index < -0.39 is 0 Å². The maximum atomic E-state index is 12.4. The SMILES string of the molecule is COc1ccc(OC2CCN(C(=O)c3[nH]nc(N)c3Cl)CC2)cc1. The normalized spacial score (nSPS) is 15.3. The van der Waals surface area contributed by atoms with Crippen LogP contribution in [0.2, 0.25) is 5.02 Å². The fraction of sp³-hybridized carbons (Fsp3) is 0.375. The first-order valence-corrected chi connectivity index (χ1v) is 8.05. The maximum Gasteiger partial charge on any atom is 0.273 e. The third-order valence-electron chi connectivity index (χ3n) is 4.04. The maximum absolute atomic E-state index is 12.4. The minimum atomic E-state index is -0.188. The second kappa shape index (κ2) is 7.00. The molecule has 24 heavy (non-hydrogen) atoms. The average Bonchev–Trinajstić information content (AvgIpc) is 2.95. The predicted molar refractivity (Wildman–Crippen MR) is 90.6 cm³/mol. The molecule has 1 saturated heterocycles. The van der Waals surface area contributed by atoms with Crippen molar-refractivity contribution in [1.82, 2.24) is 15.1 Å². The van der Waals surface area contributed by atoms with Crippen molar-refractivity contribution in [2.75, 3.05) is 25.9 Å². The molecule has 2 aromatic rings. The van der Waals surface area contributed by atoms with Gasteiger partial charge >= 0.3 is 0 Å². The van der Waals surface area contributed by atoms with Crippen LogP contribution in [0.4, 0.5) is 5.82 Å². The molecule has 0 spiro atoms. The van der Waals surface area contributed by atoms with Gasteiger partial charge in [-0.2, -0.15) is 5.10 Å². The summed E-state index contributed by atoms with van der Waals surface area (Å²) in [7, 11) is 1.63. The molecular weight excluding hydrogens is 332 g/mol. The highest BCUT2D eigenvalue weighted by Crippen LogP contribution is 2.25. The summed E-state index contributed by atoms with van der Waals surface area (Å²) in [6.45, 7) is 1.18. The van der Waals surface area contributed by atoms with Crippen LogP contribution in [-0.4, -0.2) is 47.3 Å². The number of likely N-dealkylation sites (tertiary alicyclic amines) is 1. The Labute approximate surface area is 144 Å². The number of halogens is 1. The van der Waals surface area contributed by atoms with Crippen LogP contribution >= 0.6 is 11.6 Å². The summed E-state index contributed by atoms with van der Waals surface area (Å²) in [5.74, 6) is 1.54. The van der Waals surface area contributed by atoms with E-state index in [1.807, 2.05) is 24.3 Å². The molecule has 1 amide bonds. The smallest absolute Gasteiger partial charge is 0.273 e. The van der Waals surface area contributed by atoms with Gasteiger partial charge in [-0.15, -0.1) is 0 Å². The third-order valence-corrected chi connectivity index (χ3v) is 4.42. The van der Waals surface area contributed by atoms with Gasteiger partial charge in [-0.1, -0.05) is 11.6 Å². The number of benzene rings is 1. The van der Waals surface area contributed by atoms with E-state index in [9.17, 15) is 4.79 Å². The summed E-state index contributed by atoms with van der Waals surface area (Å²) in [6, 6.07) is 7.48. The Morgan fingerprint density at radius 2 is 1.92 bits per heavy atom. The van der Waals surface area contributed by atoms with Gasteiger partial charge in [0.1, 0.15) is 28.3 Å². The zero-order valence-corrected chi connectivity index (χ0v) is 14.0. The number of piperidine rings is 1. The van der Waals surface area contributed by atoms with Gasteiger partial charge in [0, 0.05) is 25.9 Å². The van der Waals surface area contributed by atoms with Crippen molar-refractivity contribution in [3.63, 3.8) is 0 Å². The van der Waals surface area contributed by atoms with E-state index >= 15 is 0 Å². The zero-order chi connectivity index (χ0) is 17.1. The summed E-state index contributed by atoms with van der Waals surface area (Å²) >= 11 is 5.98. The van der Waals surface area contributed by atoms with Crippen molar-refractivity contribution in [3.8, 4) is 11.5 Å². The summed E-state index contributed by atoms with van der Waals surface area (Å²) in [5, 5.41) is 6.52. The Bertz CT molecular complexity index is 709. The molecule has 1 aromatic carbocycles. The van der Waals surface area contributed by atoms with Crippen LogP contribution in [0.25, 0.3) is 0 Å². The fourth-order valence-corrected chi connectivity index (χ4v) is 2.83. The van der Waals surface area contributed by atoms with Crippen LogP contribution in [0.5, 0.6) is 11.5 Å². The molecule has 0 atom stereocenters. The first-order chi connectivity index (χ1) is 11.6. The van der Waals surface area contributed by atoms with Crippen molar-refractivity contribution in [3.05, 3.63) is 35.0 Å². The number of carbonyl (C=O) groups excluding carboxylic acids is 1. The van der Waals surface area contributed by atoms with Gasteiger partial charge in [-0.25, -0.2) is 0 Å². The largest absolute Gasteiger partial charge is 0.497 e. The number of H-pyrrole nitrogens is 1. The number of nitrogen functional groups attached to an aromatic ring is 1. The van der Waals surface area contributed by atoms with Crippen LogP contribution in [0.15, 0.2) is 24.3 Å². The number of aromatic nitrogens is 2. The number of nitrogens with one attached hydrogen (secondary N) is 1. The minimum Gasteiger partial charge on any atom is -0.497 e. The quantitative estimate of drug-likeness (QED) is 0.882. The first kappa shape index (κ1) is 16.4. The Morgan fingerprint density at radius 3 is 2.46 bits per heavy atom. The van der Waals surface area contributed by atoms with Crippen LogP contribution in [0.1, 0.15) is 23.3 Å².